The Hall–Kier alpha value is -0.650. The Morgan fingerprint density at radius 1 is 1.39 bits per heavy atom. The van der Waals surface area contributed by atoms with Crippen molar-refractivity contribution in [1.82, 2.24) is 10.2 Å². The fourth-order valence-corrected chi connectivity index (χ4v) is 2.10. The van der Waals surface area contributed by atoms with Crippen molar-refractivity contribution >= 4 is 5.97 Å². The lowest BCUT2D eigenvalue weighted by Gasteiger charge is -2.29. The summed E-state index contributed by atoms with van der Waals surface area (Å²) >= 11 is 0. The lowest BCUT2D eigenvalue weighted by molar-refractivity contribution is -0.145. The van der Waals surface area contributed by atoms with Crippen LogP contribution in [0.15, 0.2) is 0 Å². The quantitative estimate of drug-likeness (QED) is 0.584. The predicted molar refractivity (Wildman–Crippen MR) is 72.9 cm³/mol. The van der Waals surface area contributed by atoms with Crippen molar-refractivity contribution in [1.29, 1.82) is 0 Å². The zero-order valence-electron chi connectivity index (χ0n) is 12.2. The normalized spacial score (nSPS) is 14.7. The number of methoxy groups -OCH3 is 1. The molecular weight excluding hydrogens is 232 g/mol. The zero-order valence-corrected chi connectivity index (χ0v) is 12.2. The molecule has 0 aliphatic rings. The van der Waals surface area contributed by atoms with E-state index >= 15 is 0 Å². The molecule has 108 valence electrons. The average Bonchev–Trinajstić information content (AvgIpc) is 2.38. The number of nitrogens with one attached hydrogen (secondary N) is 1. The van der Waals surface area contributed by atoms with Crippen molar-refractivity contribution in [2.75, 3.05) is 40.4 Å². The second kappa shape index (κ2) is 9.30. The summed E-state index contributed by atoms with van der Waals surface area (Å²) in [5, 5.41) is 12.2. The van der Waals surface area contributed by atoms with Gasteiger partial charge in [-0.25, -0.2) is 0 Å². The molecule has 1 unspecified atom stereocenters. The number of rotatable bonds is 11. The first kappa shape index (κ1) is 17.4. The van der Waals surface area contributed by atoms with Crippen molar-refractivity contribution in [3.8, 4) is 0 Å². The first-order chi connectivity index (χ1) is 8.56. The first-order valence-electron chi connectivity index (χ1n) is 6.69. The number of hydrogen-bond acceptors (Lipinski definition) is 4. The van der Waals surface area contributed by atoms with Gasteiger partial charge in [0.15, 0.2) is 0 Å². The molecule has 0 spiro atoms. The Labute approximate surface area is 110 Å². The molecule has 0 rings (SSSR count). The summed E-state index contributed by atoms with van der Waals surface area (Å²) in [6, 6.07) is 0. The number of likely N-dealkylation sites (N-methyl/N-ethyl adjacent to an activating group) is 2. The predicted octanol–water partition coefficient (Wildman–Crippen LogP) is 1.19. The van der Waals surface area contributed by atoms with Gasteiger partial charge in [-0.1, -0.05) is 13.8 Å². The largest absolute Gasteiger partial charge is 0.480 e. The van der Waals surface area contributed by atoms with Crippen LogP contribution in [-0.2, 0) is 9.53 Å². The fourth-order valence-electron chi connectivity index (χ4n) is 2.10. The fraction of sp³-hybridized carbons (Fsp3) is 0.923. The van der Waals surface area contributed by atoms with Crippen LogP contribution < -0.4 is 5.32 Å². The standard InChI is InChI=1S/C13H28N2O3/c1-5-13(14-3,12(16)17)8-7-9-15(6-2)10-11-18-4/h14H,5-11H2,1-4H3,(H,16,17). The summed E-state index contributed by atoms with van der Waals surface area (Å²) in [6.45, 7) is 7.52. The van der Waals surface area contributed by atoms with E-state index in [1.807, 2.05) is 6.92 Å². The highest BCUT2D eigenvalue weighted by Crippen LogP contribution is 2.17. The molecule has 5 heteroatoms. The van der Waals surface area contributed by atoms with Crippen LogP contribution in [0.5, 0.6) is 0 Å². The maximum Gasteiger partial charge on any atom is 0.323 e. The molecule has 0 heterocycles. The van der Waals surface area contributed by atoms with Crippen LogP contribution in [0.1, 0.15) is 33.1 Å². The molecular formula is C13H28N2O3. The Kier molecular flexibility index (Phi) is 8.97. The first-order valence-corrected chi connectivity index (χ1v) is 6.69. The summed E-state index contributed by atoms with van der Waals surface area (Å²) in [4.78, 5) is 13.6. The lowest BCUT2D eigenvalue weighted by Crippen LogP contribution is -2.50. The average molecular weight is 260 g/mol. The van der Waals surface area contributed by atoms with Crippen molar-refractivity contribution in [2.24, 2.45) is 0 Å². The number of carbonyl (C=O) groups is 1. The van der Waals surface area contributed by atoms with Crippen LogP contribution in [0.4, 0.5) is 0 Å². The van der Waals surface area contributed by atoms with Gasteiger partial charge in [0.05, 0.1) is 6.61 Å². The third-order valence-corrected chi connectivity index (χ3v) is 3.63. The van der Waals surface area contributed by atoms with E-state index in [1.54, 1.807) is 14.2 Å². The van der Waals surface area contributed by atoms with Gasteiger partial charge in [-0.15, -0.1) is 0 Å². The maximum absolute atomic E-state index is 11.3. The smallest absolute Gasteiger partial charge is 0.323 e. The number of aliphatic carboxylic acids is 1. The van der Waals surface area contributed by atoms with E-state index in [-0.39, 0.29) is 0 Å². The minimum absolute atomic E-state index is 0.600. The topological polar surface area (TPSA) is 61.8 Å². The summed E-state index contributed by atoms with van der Waals surface area (Å²) in [6.07, 6.45) is 2.13. The molecule has 0 aromatic carbocycles. The molecule has 0 bridgehead atoms. The van der Waals surface area contributed by atoms with Crippen molar-refractivity contribution in [3.63, 3.8) is 0 Å². The Bertz CT molecular complexity index is 230. The SMILES string of the molecule is CCN(CCCC(CC)(NC)C(=O)O)CCOC. The molecule has 0 saturated heterocycles. The highest BCUT2D eigenvalue weighted by molar-refractivity contribution is 5.78. The van der Waals surface area contributed by atoms with Gasteiger partial charge in [-0.2, -0.15) is 0 Å². The van der Waals surface area contributed by atoms with Crippen LogP contribution in [0.2, 0.25) is 0 Å². The molecule has 0 aromatic heterocycles. The molecule has 18 heavy (non-hydrogen) atoms. The van der Waals surface area contributed by atoms with Crippen LogP contribution in [0.3, 0.4) is 0 Å². The molecule has 2 N–H and O–H groups in total. The third kappa shape index (κ3) is 5.33. The lowest BCUT2D eigenvalue weighted by atomic mass is 9.90. The van der Waals surface area contributed by atoms with Gasteiger partial charge in [0.2, 0.25) is 0 Å². The summed E-state index contributed by atoms with van der Waals surface area (Å²) in [7, 11) is 3.42. The van der Waals surface area contributed by atoms with Crippen LogP contribution in [0, 0.1) is 0 Å². The molecule has 0 fully saturated rings. The van der Waals surface area contributed by atoms with Crippen LogP contribution in [-0.4, -0.2) is 61.9 Å². The van der Waals surface area contributed by atoms with Gasteiger partial charge in [0.25, 0.3) is 0 Å². The van der Waals surface area contributed by atoms with Gasteiger partial charge in [0.1, 0.15) is 5.54 Å². The van der Waals surface area contributed by atoms with Crippen LogP contribution in [0.25, 0.3) is 0 Å². The molecule has 0 amide bonds. The van der Waals surface area contributed by atoms with Gasteiger partial charge in [0, 0.05) is 13.7 Å². The monoisotopic (exact) mass is 260 g/mol. The van der Waals surface area contributed by atoms with Crippen molar-refractivity contribution in [2.45, 2.75) is 38.6 Å². The van der Waals surface area contributed by atoms with E-state index in [0.29, 0.717) is 12.8 Å². The minimum atomic E-state index is -0.777. The van der Waals surface area contributed by atoms with E-state index in [1.165, 1.54) is 0 Å². The maximum atomic E-state index is 11.3. The molecule has 0 radical (unpaired) electrons. The molecule has 0 aromatic rings. The van der Waals surface area contributed by atoms with Crippen molar-refractivity contribution in [3.05, 3.63) is 0 Å². The van der Waals surface area contributed by atoms with Gasteiger partial charge in [-0.05, 0) is 39.4 Å². The van der Waals surface area contributed by atoms with E-state index in [9.17, 15) is 9.90 Å². The Balaban J connectivity index is 4.16. The number of nitrogens with zero attached hydrogens (tertiary/aromatic N) is 1. The van der Waals surface area contributed by atoms with Gasteiger partial charge >= 0.3 is 5.97 Å². The third-order valence-electron chi connectivity index (χ3n) is 3.63. The van der Waals surface area contributed by atoms with E-state index in [0.717, 1.165) is 32.7 Å². The number of carboxylic acid groups (broad SMARTS) is 1. The number of hydrogen-bond donors (Lipinski definition) is 2. The molecule has 1 atom stereocenters. The summed E-state index contributed by atoms with van der Waals surface area (Å²) in [5.41, 5.74) is -0.777. The zero-order chi connectivity index (χ0) is 14.0. The highest BCUT2D eigenvalue weighted by Gasteiger charge is 2.34. The van der Waals surface area contributed by atoms with Gasteiger partial charge < -0.3 is 20.1 Å². The van der Waals surface area contributed by atoms with Crippen LogP contribution >= 0.6 is 0 Å². The number of carboxylic acids is 1. The number of ether oxygens (including phenoxy) is 1. The Morgan fingerprint density at radius 3 is 2.44 bits per heavy atom. The van der Waals surface area contributed by atoms with E-state index < -0.39 is 11.5 Å². The van der Waals surface area contributed by atoms with Crippen molar-refractivity contribution < 1.29 is 14.6 Å². The Morgan fingerprint density at radius 2 is 2.06 bits per heavy atom. The minimum Gasteiger partial charge on any atom is -0.480 e. The summed E-state index contributed by atoms with van der Waals surface area (Å²) in [5.74, 6) is -0.757. The molecule has 0 aliphatic carbocycles. The molecule has 0 saturated carbocycles. The second-order valence-electron chi connectivity index (χ2n) is 4.52. The van der Waals surface area contributed by atoms with E-state index in [4.69, 9.17) is 4.74 Å². The molecule has 0 aliphatic heterocycles. The highest BCUT2D eigenvalue weighted by atomic mass is 16.5. The van der Waals surface area contributed by atoms with E-state index in [2.05, 4.69) is 17.1 Å². The van der Waals surface area contributed by atoms with Gasteiger partial charge in [-0.3, -0.25) is 4.79 Å². The summed E-state index contributed by atoms with van der Waals surface area (Å²) < 4.78 is 5.05. The molecule has 5 nitrogen and oxygen atoms in total. The second-order valence-corrected chi connectivity index (χ2v) is 4.52.